The molecule has 0 saturated heterocycles. The van der Waals surface area contributed by atoms with E-state index in [9.17, 15) is 0 Å². The number of pyridine rings is 1. The van der Waals surface area contributed by atoms with E-state index >= 15 is 0 Å². The first-order valence-corrected chi connectivity index (χ1v) is 21.1. The van der Waals surface area contributed by atoms with Gasteiger partial charge in [-0.15, -0.1) is 29.7 Å². The summed E-state index contributed by atoms with van der Waals surface area (Å²) in [5.74, 6) is 2.03. The summed E-state index contributed by atoms with van der Waals surface area (Å²) in [5, 5.41) is 2.21. The van der Waals surface area contributed by atoms with E-state index in [1.807, 2.05) is 24.4 Å². The zero-order valence-corrected chi connectivity index (χ0v) is 39.2. The van der Waals surface area contributed by atoms with Crippen LogP contribution < -0.4 is 9.30 Å². The SMILES string of the molecule is CC(C)(C)c1ccnc(-n2c3[c-]c(Oc4[c-]c(-n5[c-][n+](-c6ccc(-c7ccccc7)cc6)c(C(C)(C)C)c5C(C)(C)C)ccc4)ccc3c3cc(-c4ccccc4)ccc32)c1.[Pt]. The molecule has 0 atom stereocenters. The van der Waals surface area contributed by atoms with Gasteiger partial charge in [-0.1, -0.05) is 153 Å². The molecule has 0 amide bonds. The second kappa shape index (κ2) is 16.3. The van der Waals surface area contributed by atoms with Gasteiger partial charge in [0.25, 0.3) is 6.33 Å². The average molecular weight is 992 g/mol. The molecule has 62 heavy (non-hydrogen) atoms. The third kappa shape index (κ3) is 8.19. The molecular weight excluding hydrogens is 940 g/mol. The molecule has 0 fully saturated rings. The summed E-state index contributed by atoms with van der Waals surface area (Å²) < 4.78 is 13.3. The van der Waals surface area contributed by atoms with E-state index in [4.69, 9.17) is 9.72 Å². The normalized spacial score (nSPS) is 12.1. The first-order chi connectivity index (χ1) is 29.1. The van der Waals surface area contributed by atoms with Crippen LogP contribution in [0.2, 0.25) is 0 Å². The molecule has 6 heteroatoms. The van der Waals surface area contributed by atoms with Crippen LogP contribution in [0.3, 0.4) is 0 Å². The molecule has 0 unspecified atom stereocenters. The van der Waals surface area contributed by atoms with Gasteiger partial charge >= 0.3 is 0 Å². The molecule has 5 nitrogen and oxygen atoms in total. The number of imidazole rings is 1. The van der Waals surface area contributed by atoms with Gasteiger partial charge in [0.05, 0.1) is 17.1 Å². The molecule has 6 aromatic carbocycles. The van der Waals surface area contributed by atoms with E-state index in [-0.39, 0.29) is 37.3 Å². The van der Waals surface area contributed by atoms with Gasteiger partial charge in [-0.25, -0.2) is 4.98 Å². The van der Waals surface area contributed by atoms with Crippen molar-refractivity contribution in [2.75, 3.05) is 0 Å². The Labute approximate surface area is 381 Å². The van der Waals surface area contributed by atoms with Gasteiger partial charge in [0, 0.05) is 44.3 Å². The maximum absolute atomic E-state index is 6.70. The first-order valence-electron chi connectivity index (χ1n) is 21.1. The Kier molecular flexibility index (Phi) is 11.2. The van der Waals surface area contributed by atoms with Crippen LogP contribution in [-0.2, 0) is 37.3 Å². The molecule has 0 aliphatic heterocycles. The predicted molar refractivity (Wildman–Crippen MR) is 249 cm³/mol. The standard InChI is InChI=1S/C56H52N4O.Pt/c1-54(2,3)42-31-32-57-51(34-42)60-49-30-25-41(39-19-14-11-15-20-39)33-48(49)47-29-28-46(36-50(47)60)61-45-22-16-21-44(35-45)59-37-58(52(55(4,5)6)53(59)56(7,8)9)43-26-23-40(24-27-43)38-17-12-10-13-18-38;/h10-34H,1-9H3;/q-2;. The summed E-state index contributed by atoms with van der Waals surface area (Å²) in [4.78, 5) is 4.92. The van der Waals surface area contributed by atoms with Crippen LogP contribution in [-0.4, -0.2) is 14.1 Å². The zero-order chi connectivity index (χ0) is 42.7. The summed E-state index contributed by atoms with van der Waals surface area (Å²) in [6.07, 6.45) is 5.68. The minimum absolute atomic E-state index is 0. The molecule has 9 aromatic rings. The van der Waals surface area contributed by atoms with Crippen LogP contribution in [0, 0.1) is 18.5 Å². The molecule has 3 aromatic heterocycles. The Hall–Kier alpha value is -6.03. The number of hydrogen-bond acceptors (Lipinski definition) is 2. The Morgan fingerprint density at radius 1 is 0.548 bits per heavy atom. The third-order valence-corrected chi connectivity index (χ3v) is 11.3. The van der Waals surface area contributed by atoms with E-state index < -0.39 is 0 Å². The molecule has 0 saturated carbocycles. The molecule has 0 N–H and O–H groups in total. The number of fused-ring (bicyclic) bond motifs is 3. The minimum Gasteiger partial charge on any atom is -0.510 e. The van der Waals surface area contributed by atoms with Crippen LogP contribution in [0.25, 0.3) is 61.3 Å². The van der Waals surface area contributed by atoms with Gasteiger partial charge < -0.3 is 13.9 Å². The monoisotopic (exact) mass is 991 g/mol. The number of benzene rings is 6. The van der Waals surface area contributed by atoms with Crippen LogP contribution in [0.5, 0.6) is 11.5 Å². The van der Waals surface area contributed by atoms with Crippen molar-refractivity contribution >= 4 is 21.8 Å². The molecule has 0 aliphatic carbocycles. The zero-order valence-electron chi connectivity index (χ0n) is 36.9. The van der Waals surface area contributed by atoms with Crippen LogP contribution in [0.4, 0.5) is 0 Å². The van der Waals surface area contributed by atoms with E-state index in [1.54, 1.807) is 0 Å². The number of rotatable bonds is 7. The molecule has 0 spiro atoms. The van der Waals surface area contributed by atoms with Crippen LogP contribution >= 0.6 is 0 Å². The summed E-state index contributed by atoms with van der Waals surface area (Å²) in [7, 11) is 0. The van der Waals surface area contributed by atoms with Crippen molar-refractivity contribution in [2.24, 2.45) is 0 Å². The molecule has 0 aliphatic rings. The second-order valence-electron chi connectivity index (χ2n) is 19.1. The average Bonchev–Trinajstić information content (AvgIpc) is 3.82. The minimum atomic E-state index is -0.218. The van der Waals surface area contributed by atoms with Gasteiger partial charge in [-0.3, -0.25) is 4.57 Å². The van der Waals surface area contributed by atoms with E-state index in [2.05, 4.69) is 222 Å². The fourth-order valence-electron chi connectivity index (χ4n) is 8.37. The Morgan fingerprint density at radius 3 is 1.82 bits per heavy atom. The van der Waals surface area contributed by atoms with Crippen molar-refractivity contribution in [3.05, 3.63) is 187 Å². The summed E-state index contributed by atoms with van der Waals surface area (Å²) in [6.45, 7) is 20.3. The maximum Gasteiger partial charge on any atom is 0.267 e. The first kappa shape index (κ1) is 42.7. The molecule has 0 bridgehead atoms. The van der Waals surface area contributed by atoms with Crippen molar-refractivity contribution in [1.82, 2.24) is 14.1 Å². The summed E-state index contributed by atoms with van der Waals surface area (Å²) in [6, 6.07) is 58.3. The van der Waals surface area contributed by atoms with Gasteiger partial charge in [0.1, 0.15) is 5.82 Å². The van der Waals surface area contributed by atoms with Crippen LogP contribution in [0.1, 0.15) is 79.3 Å². The van der Waals surface area contributed by atoms with Crippen molar-refractivity contribution in [3.63, 3.8) is 0 Å². The van der Waals surface area contributed by atoms with E-state index in [1.165, 1.54) is 27.9 Å². The van der Waals surface area contributed by atoms with Gasteiger partial charge in [-0.2, -0.15) is 18.2 Å². The Morgan fingerprint density at radius 2 is 1.18 bits per heavy atom. The third-order valence-electron chi connectivity index (χ3n) is 11.3. The Bertz CT molecular complexity index is 3030. The fraction of sp³-hybridized carbons (Fsp3) is 0.214. The van der Waals surface area contributed by atoms with Crippen molar-refractivity contribution in [2.45, 2.75) is 78.6 Å². The van der Waals surface area contributed by atoms with Crippen molar-refractivity contribution in [3.8, 4) is 50.9 Å². The second-order valence-corrected chi connectivity index (χ2v) is 19.1. The molecule has 9 rings (SSSR count). The van der Waals surface area contributed by atoms with Crippen LogP contribution in [0.15, 0.2) is 152 Å². The van der Waals surface area contributed by atoms with Gasteiger partial charge in [-0.05, 0) is 85.5 Å². The summed E-state index contributed by atoms with van der Waals surface area (Å²) >= 11 is 0. The fourth-order valence-corrected chi connectivity index (χ4v) is 8.37. The quantitative estimate of drug-likeness (QED) is 0.118. The smallest absolute Gasteiger partial charge is 0.267 e. The van der Waals surface area contributed by atoms with Crippen molar-refractivity contribution < 1.29 is 30.4 Å². The predicted octanol–water partition coefficient (Wildman–Crippen LogP) is 13.7. The molecule has 0 radical (unpaired) electrons. The summed E-state index contributed by atoms with van der Waals surface area (Å²) in [5.41, 5.74) is 11.7. The topological polar surface area (TPSA) is 35.9 Å². The Balaban J connectivity index is 0.00000529. The van der Waals surface area contributed by atoms with E-state index in [0.717, 1.165) is 50.3 Å². The number of aromatic nitrogens is 4. The molecular formula is C56H52N4OPt-2. The van der Waals surface area contributed by atoms with E-state index in [0.29, 0.717) is 11.5 Å². The number of hydrogen-bond donors (Lipinski definition) is 0. The van der Waals surface area contributed by atoms with Gasteiger partial charge in [0.15, 0.2) is 0 Å². The van der Waals surface area contributed by atoms with Crippen molar-refractivity contribution in [1.29, 1.82) is 0 Å². The molecule has 314 valence electrons. The maximum atomic E-state index is 6.70. The van der Waals surface area contributed by atoms with Gasteiger partial charge in [0.2, 0.25) is 0 Å². The number of nitrogens with zero attached hydrogens (tertiary/aromatic N) is 4. The number of ether oxygens (including phenoxy) is 1. The largest absolute Gasteiger partial charge is 0.510 e. The molecule has 3 heterocycles.